The van der Waals surface area contributed by atoms with E-state index in [0.29, 0.717) is 11.2 Å². The number of carbonyl (C=O) groups excluding carboxylic acids is 5. The molecule has 3 aliphatic heterocycles. The fraction of sp³-hybridized carbons (Fsp3) is 0.417. The molecular formula is C24H27N5O12S3. The van der Waals surface area contributed by atoms with Crippen molar-refractivity contribution in [3.63, 3.8) is 0 Å². The van der Waals surface area contributed by atoms with Crippen molar-refractivity contribution in [2.45, 2.75) is 30.1 Å². The fourth-order valence-electron chi connectivity index (χ4n) is 4.74. The van der Waals surface area contributed by atoms with Gasteiger partial charge in [0.1, 0.15) is 23.7 Å². The third-order valence-electron chi connectivity index (χ3n) is 6.74. The van der Waals surface area contributed by atoms with Crippen LogP contribution >= 0.6 is 11.8 Å². The molecule has 3 heterocycles. The van der Waals surface area contributed by atoms with Crippen LogP contribution in [0, 0.1) is 0 Å². The third kappa shape index (κ3) is 6.50. The van der Waals surface area contributed by atoms with Gasteiger partial charge in [-0.25, -0.2) is 40.4 Å². The quantitative estimate of drug-likeness (QED) is 0.214. The number of ether oxygens (including phenoxy) is 1. The van der Waals surface area contributed by atoms with Crippen molar-refractivity contribution in [2.24, 2.45) is 0 Å². The number of hydrogen-bond acceptors (Lipinski definition) is 12. The van der Waals surface area contributed by atoms with E-state index in [9.17, 15) is 50.7 Å². The molecular weight excluding hydrogens is 646 g/mol. The maximum atomic E-state index is 13.0. The molecule has 3 aliphatic rings. The van der Waals surface area contributed by atoms with Gasteiger partial charge in [0, 0.05) is 30.2 Å². The van der Waals surface area contributed by atoms with Crippen LogP contribution < -0.4 is 10.6 Å². The van der Waals surface area contributed by atoms with Crippen LogP contribution in [0.1, 0.15) is 12.5 Å². The molecule has 0 radical (unpaired) electrons. The summed E-state index contributed by atoms with van der Waals surface area (Å²) in [6.07, 6.45) is 1.00. The molecule has 1 aromatic carbocycles. The molecule has 44 heavy (non-hydrogen) atoms. The number of nitrogens with one attached hydrogen (secondary N) is 2. The van der Waals surface area contributed by atoms with Crippen molar-refractivity contribution >= 4 is 73.1 Å². The number of carbonyl (C=O) groups is 6. The second-order valence-corrected chi connectivity index (χ2v) is 15.2. The Morgan fingerprint density at radius 1 is 1.09 bits per heavy atom. The summed E-state index contributed by atoms with van der Waals surface area (Å²) in [4.78, 5) is 76.0. The molecule has 3 atom stereocenters. The van der Waals surface area contributed by atoms with Crippen LogP contribution in [0.3, 0.4) is 0 Å². The fourth-order valence-corrected chi connectivity index (χ4v) is 8.74. The van der Waals surface area contributed by atoms with E-state index < -0.39 is 79.0 Å². The smallest absolute Gasteiger partial charge is 0.352 e. The molecule has 2 fully saturated rings. The number of carboxylic acids is 1. The van der Waals surface area contributed by atoms with Gasteiger partial charge in [0.2, 0.25) is 15.9 Å². The Kier molecular flexibility index (Phi) is 8.99. The number of esters is 1. The zero-order valence-corrected chi connectivity index (χ0v) is 25.8. The van der Waals surface area contributed by atoms with E-state index in [-0.39, 0.29) is 45.6 Å². The number of nitrogens with zero attached hydrogens (tertiary/aromatic N) is 3. The van der Waals surface area contributed by atoms with Gasteiger partial charge in [0.25, 0.3) is 5.91 Å². The molecule has 6 amide bonds. The molecule has 0 aromatic heterocycles. The Bertz CT molecular complexity index is 1710. The summed E-state index contributed by atoms with van der Waals surface area (Å²) in [6.45, 7) is 0.106. The average molecular weight is 674 g/mol. The zero-order valence-electron chi connectivity index (χ0n) is 23.4. The first-order valence-electron chi connectivity index (χ1n) is 12.6. The summed E-state index contributed by atoms with van der Waals surface area (Å²) in [5.41, 5.74) is 0.201. The van der Waals surface area contributed by atoms with E-state index in [2.05, 4.69) is 10.6 Å². The molecule has 0 saturated carbocycles. The van der Waals surface area contributed by atoms with Gasteiger partial charge < -0.3 is 20.5 Å². The van der Waals surface area contributed by atoms with Crippen LogP contribution in [0.15, 0.2) is 35.5 Å². The van der Waals surface area contributed by atoms with Crippen LogP contribution in [0.25, 0.3) is 0 Å². The number of sulfone groups is 1. The molecule has 0 bridgehead atoms. The highest BCUT2D eigenvalue weighted by Crippen LogP contribution is 2.40. The number of amides is 6. The summed E-state index contributed by atoms with van der Waals surface area (Å²) in [5, 5.41) is 12.1. The Labute approximate surface area is 255 Å². The van der Waals surface area contributed by atoms with Gasteiger partial charge in [-0.05, 0) is 11.6 Å². The van der Waals surface area contributed by atoms with E-state index in [4.69, 9.17) is 4.74 Å². The van der Waals surface area contributed by atoms with Crippen LogP contribution in [0.4, 0.5) is 15.3 Å². The van der Waals surface area contributed by atoms with E-state index in [1.54, 1.807) is 6.07 Å². The molecule has 17 nitrogen and oxygen atoms in total. The summed E-state index contributed by atoms with van der Waals surface area (Å²) < 4.78 is 53.5. The molecule has 2 unspecified atom stereocenters. The second-order valence-electron chi connectivity index (χ2n) is 9.99. The number of anilines is 1. The number of imide groups is 1. The monoisotopic (exact) mass is 673 g/mol. The SMILES string of the molecule is CC(=O)OCC1=C(C(=O)O)N2C(=O)C(NC(=O)Cc3ccccc3NC(=O)N3CC(S(C)(=O)=O)N(S(C)(=O)=O)C3=O)[C@H]2SC1. The van der Waals surface area contributed by atoms with Crippen molar-refractivity contribution in [1.29, 1.82) is 0 Å². The number of para-hydroxylation sites is 1. The zero-order chi connectivity index (χ0) is 32.7. The van der Waals surface area contributed by atoms with Crippen LogP contribution in [-0.2, 0) is 50.2 Å². The van der Waals surface area contributed by atoms with Crippen LogP contribution in [0.5, 0.6) is 0 Å². The minimum absolute atomic E-state index is 0.0500. The minimum atomic E-state index is -4.34. The second kappa shape index (κ2) is 12.1. The number of benzene rings is 1. The number of hydrogen-bond donors (Lipinski definition) is 3. The van der Waals surface area contributed by atoms with Crippen molar-refractivity contribution in [1.82, 2.24) is 19.4 Å². The number of fused-ring (bicyclic) bond motifs is 1. The van der Waals surface area contributed by atoms with Gasteiger partial charge in [-0.3, -0.25) is 19.3 Å². The number of β-lactam (4-membered cyclic amide) rings is 1. The topological polar surface area (TPSA) is 234 Å². The Morgan fingerprint density at radius 2 is 1.75 bits per heavy atom. The molecule has 0 spiro atoms. The summed E-state index contributed by atoms with van der Waals surface area (Å²) in [5.74, 6) is -3.21. The molecule has 0 aliphatic carbocycles. The summed E-state index contributed by atoms with van der Waals surface area (Å²) in [6, 6.07) is 2.36. The largest absolute Gasteiger partial charge is 0.477 e. The Morgan fingerprint density at radius 3 is 2.32 bits per heavy atom. The summed E-state index contributed by atoms with van der Waals surface area (Å²) in [7, 11) is -8.45. The average Bonchev–Trinajstić information content (AvgIpc) is 3.29. The normalized spacial score (nSPS) is 21.9. The van der Waals surface area contributed by atoms with Gasteiger partial charge in [0.15, 0.2) is 15.2 Å². The predicted molar refractivity (Wildman–Crippen MR) is 153 cm³/mol. The first-order valence-corrected chi connectivity index (χ1v) is 17.5. The minimum Gasteiger partial charge on any atom is -0.477 e. The lowest BCUT2D eigenvalue weighted by molar-refractivity contribution is -0.151. The van der Waals surface area contributed by atoms with Crippen molar-refractivity contribution in [2.75, 3.05) is 36.7 Å². The number of rotatable bonds is 9. The molecule has 4 rings (SSSR count). The molecule has 3 N–H and O–H groups in total. The summed E-state index contributed by atoms with van der Waals surface area (Å²) >= 11 is 1.18. The molecule has 1 aromatic rings. The van der Waals surface area contributed by atoms with E-state index in [0.717, 1.165) is 18.1 Å². The van der Waals surface area contributed by atoms with Crippen LogP contribution in [0.2, 0.25) is 0 Å². The highest BCUT2D eigenvalue weighted by molar-refractivity contribution is 8.00. The van der Waals surface area contributed by atoms with Crippen molar-refractivity contribution < 1.29 is 55.4 Å². The molecule has 2 saturated heterocycles. The van der Waals surface area contributed by atoms with Gasteiger partial charge >= 0.3 is 24.0 Å². The number of aliphatic carboxylic acids is 1. The third-order valence-corrected chi connectivity index (χ3v) is 10.7. The van der Waals surface area contributed by atoms with Crippen LogP contribution in [-0.4, -0.2) is 120 Å². The van der Waals surface area contributed by atoms with Gasteiger partial charge in [-0.15, -0.1) is 11.8 Å². The number of urea groups is 2. The maximum absolute atomic E-state index is 13.0. The molecule has 238 valence electrons. The lowest BCUT2D eigenvalue weighted by atomic mass is 10.0. The predicted octanol–water partition coefficient (Wildman–Crippen LogP) is -0.869. The molecule has 20 heteroatoms. The number of sulfonamides is 1. The Balaban J connectivity index is 1.45. The van der Waals surface area contributed by atoms with E-state index in [1.807, 2.05) is 0 Å². The first kappa shape index (κ1) is 32.7. The highest BCUT2D eigenvalue weighted by atomic mass is 32.2. The van der Waals surface area contributed by atoms with Gasteiger partial charge in [-0.2, -0.15) is 0 Å². The van der Waals surface area contributed by atoms with Gasteiger partial charge in [0.05, 0.1) is 19.2 Å². The Hall–Kier alpha value is -4.17. The highest BCUT2D eigenvalue weighted by Gasteiger charge is 2.54. The van der Waals surface area contributed by atoms with Gasteiger partial charge in [-0.1, -0.05) is 18.2 Å². The van der Waals surface area contributed by atoms with Crippen molar-refractivity contribution in [3.8, 4) is 0 Å². The maximum Gasteiger partial charge on any atom is 0.352 e. The first-order chi connectivity index (χ1) is 20.4. The number of thioether (sulfide) groups is 1. The van der Waals surface area contributed by atoms with E-state index in [1.165, 1.54) is 30.0 Å². The lowest BCUT2D eigenvalue weighted by Gasteiger charge is -2.49. The number of carboxylic acid groups (broad SMARTS) is 1. The van der Waals surface area contributed by atoms with Crippen molar-refractivity contribution in [3.05, 3.63) is 41.1 Å². The van der Waals surface area contributed by atoms with E-state index >= 15 is 0 Å². The standard InChI is InChI=1S/C24H27N5O12S3/c1-12(30)41-10-14-11-42-21-18(20(32)28(21)19(14)22(33)34)26-16(31)8-13-6-4-5-7-15(13)25-23(35)27-9-17(43(2,37)38)29(24(27)36)44(3,39)40/h4-7,17-18,21H,8-11H2,1-3H3,(H,25,35)(H,26,31)(H,33,34)/t17?,18?,21-/m1/s1. The lowest BCUT2D eigenvalue weighted by Crippen LogP contribution is -2.70.